The molecule has 0 bridgehead atoms. The Hall–Kier alpha value is -1.70. The lowest BCUT2D eigenvalue weighted by atomic mass is 10.1. The predicted molar refractivity (Wildman–Crippen MR) is 106 cm³/mol. The van der Waals surface area contributed by atoms with Gasteiger partial charge in [-0.3, -0.25) is 4.79 Å². The zero-order chi connectivity index (χ0) is 19.0. The van der Waals surface area contributed by atoms with Crippen LogP contribution < -0.4 is 10.0 Å². The number of hydrogen-bond acceptors (Lipinski definition) is 3. The Bertz CT molecular complexity index is 808. The first kappa shape index (κ1) is 20.6. The van der Waals surface area contributed by atoms with E-state index in [0.717, 1.165) is 22.9 Å². The molecule has 140 valence electrons. The zero-order valence-electron chi connectivity index (χ0n) is 14.6. The Kier molecular flexibility index (Phi) is 7.81. The Balaban J connectivity index is 2.19. The highest BCUT2D eigenvalue weighted by Crippen LogP contribution is 2.15. The van der Waals surface area contributed by atoms with Crippen molar-refractivity contribution in [3.05, 3.63) is 64.6 Å². The van der Waals surface area contributed by atoms with E-state index in [9.17, 15) is 13.2 Å². The summed E-state index contributed by atoms with van der Waals surface area (Å²) < 4.78 is 28.7. The van der Waals surface area contributed by atoms with Crippen molar-refractivity contribution in [2.75, 3.05) is 6.54 Å². The van der Waals surface area contributed by atoms with E-state index in [2.05, 4.69) is 26.0 Å². The smallest absolute Gasteiger partial charge is 0.241 e. The Labute approximate surface area is 163 Å². The van der Waals surface area contributed by atoms with Gasteiger partial charge in [-0.25, -0.2) is 8.42 Å². The van der Waals surface area contributed by atoms with Crippen LogP contribution in [-0.2, 0) is 21.2 Å². The van der Waals surface area contributed by atoms with E-state index in [0.29, 0.717) is 6.54 Å². The summed E-state index contributed by atoms with van der Waals surface area (Å²) in [6.45, 7) is 2.56. The highest BCUT2D eigenvalue weighted by molar-refractivity contribution is 9.10. The van der Waals surface area contributed by atoms with Crippen molar-refractivity contribution in [2.24, 2.45) is 0 Å². The molecule has 26 heavy (non-hydrogen) atoms. The first-order chi connectivity index (χ1) is 12.4. The van der Waals surface area contributed by atoms with Crippen LogP contribution in [0.4, 0.5) is 0 Å². The quantitative estimate of drug-likeness (QED) is 0.589. The van der Waals surface area contributed by atoms with Gasteiger partial charge in [0.2, 0.25) is 15.9 Å². The fourth-order valence-corrected chi connectivity index (χ4v) is 3.88. The number of carbonyl (C=O) groups is 1. The van der Waals surface area contributed by atoms with E-state index in [1.54, 1.807) is 12.1 Å². The molecule has 0 aromatic heterocycles. The van der Waals surface area contributed by atoms with Gasteiger partial charge in [0.15, 0.2) is 0 Å². The second-order valence-corrected chi connectivity index (χ2v) is 8.59. The summed E-state index contributed by atoms with van der Waals surface area (Å²) in [5.74, 6) is -0.317. The number of nitrogens with one attached hydrogen (secondary N) is 2. The van der Waals surface area contributed by atoms with Crippen LogP contribution in [0.5, 0.6) is 0 Å². The molecule has 2 rings (SSSR count). The number of halogens is 1. The van der Waals surface area contributed by atoms with Crippen LogP contribution in [0.2, 0.25) is 0 Å². The second-order valence-electron chi connectivity index (χ2n) is 5.96. The minimum atomic E-state index is -3.80. The highest BCUT2D eigenvalue weighted by Gasteiger charge is 2.25. The van der Waals surface area contributed by atoms with Crippen molar-refractivity contribution in [1.29, 1.82) is 0 Å². The zero-order valence-corrected chi connectivity index (χ0v) is 17.0. The third-order valence-electron chi connectivity index (χ3n) is 3.85. The van der Waals surface area contributed by atoms with Gasteiger partial charge in [-0.2, -0.15) is 4.72 Å². The van der Waals surface area contributed by atoms with E-state index in [-0.39, 0.29) is 17.2 Å². The lowest BCUT2D eigenvalue weighted by molar-refractivity contribution is -0.122. The van der Waals surface area contributed by atoms with Gasteiger partial charge >= 0.3 is 0 Å². The number of unbranched alkanes of at least 4 members (excludes halogenated alkanes) is 1. The Morgan fingerprint density at radius 2 is 1.73 bits per heavy atom. The van der Waals surface area contributed by atoms with Gasteiger partial charge in [-0.05, 0) is 42.7 Å². The molecule has 0 saturated carbocycles. The minimum Gasteiger partial charge on any atom is -0.355 e. The molecular weight excluding hydrogens is 416 g/mol. The lowest BCUT2D eigenvalue weighted by Gasteiger charge is -2.19. The van der Waals surface area contributed by atoms with Gasteiger partial charge < -0.3 is 5.32 Å². The third-order valence-corrected chi connectivity index (χ3v) is 5.87. The monoisotopic (exact) mass is 438 g/mol. The molecule has 1 atom stereocenters. The molecule has 1 amide bonds. The topological polar surface area (TPSA) is 75.3 Å². The molecule has 0 aliphatic carbocycles. The molecule has 0 unspecified atom stereocenters. The second kappa shape index (κ2) is 9.85. The third kappa shape index (κ3) is 6.23. The van der Waals surface area contributed by atoms with Crippen LogP contribution in [-0.4, -0.2) is 26.9 Å². The van der Waals surface area contributed by atoms with Crippen molar-refractivity contribution in [2.45, 2.75) is 37.1 Å². The van der Waals surface area contributed by atoms with Gasteiger partial charge in [0.25, 0.3) is 0 Å². The first-order valence-electron chi connectivity index (χ1n) is 8.52. The molecular formula is C19H23BrN2O3S. The van der Waals surface area contributed by atoms with Gasteiger partial charge in [0.05, 0.1) is 4.90 Å². The predicted octanol–water partition coefficient (Wildman–Crippen LogP) is 3.26. The van der Waals surface area contributed by atoms with E-state index in [1.807, 2.05) is 37.3 Å². The number of benzene rings is 2. The van der Waals surface area contributed by atoms with Gasteiger partial charge in [-0.1, -0.05) is 59.6 Å². The summed E-state index contributed by atoms with van der Waals surface area (Å²) in [6, 6.07) is 14.8. The molecule has 0 radical (unpaired) electrons. The van der Waals surface area contributed by atoms with Crippen LogP contribution in [0.3, 0.4) is 0 Å². The molecule has 0 aliphatic heterocycles. The normalized spacial score (nSPS) is 12.5. The van der Waals surface area contributed by atoms with E-state index in [4.69, 9.17) is 0 Å². The van der Waals surface area contributed by atoms with E-state index in [1.165, 1.54) is 12.1 Å². The van der Waals surface area contributed by atoms with Crippen molar-refractivity contribution < 1.29 is 13.2 Å². The minimum absolute atomic E-state index is 0.125. The maximum absolute atomic E-state index is 12.7. The fourth-order valence-electron chi connectivity index (χ4n) is 2.42. The van der Waals surface area contributed by atoms with Crippen LogP contribution in [0.1, 0.15) is 25.3 Å². The molecule has 0 spiro atoms. The average molecular weight is 439 g/mol. The molecule has 0 saturated heterocycles. The Morgan fingerprint density at radius 3 is 2.35 bits per heavy atom. The van der Waals surface area contributed by atoms with Gasteiger partial charge in [-0.15, -0.1) is 0 Å². The van der Waals surface area contributed by atoms with Crippen molar-refractivity contribution in [3.8, 4) is 0 Å². The summed E-state index contributed by atoms with van der Waals surface area (Å²) in [7, 11) is -3.80. The molecule has 5 nitrogen and oxygen atoms in total. The molecule has 0 heterocycles. The van der Waals surface area contributed by atoms with Gasteiger partial charge in [0.1, 0.15) is 6.04 Å². The fraction of sp³-hybridized carbons (Fsp3) is 0.316. The molecule has 2 aromatic rings. The van der Waals surface area contributed by atoms with Crippen LogP contribution in [0, 0.1) is 0 Å². The maximum Gasteiger partial charge on any atom is 0.241 e. The van der Waals surface area contributed by atoms with Crippen LogP contribution >= 0.6 is 15.9 Å². The standard InChI is InChI=1S/C19H23BrN2O3S/c1-2-3-13-21-19(23)18(14-15-7-5-4-6-8-15)22-26(24,25)17-11-9-16(20)10-12-17/h4-12,18,22H,2-3,13-14H2,1H3,(H,21,23)/t18-/m0/s1. The van der Waals surface area contributed by atoms with Gasteiger partial charge in [0, 0.05) is 11.0 Å². The van der Waals surface area contributed by atoms with Crippen LogP contribution in [0.25, 0.3) is 0 Å². The molecule has 2 aromatic carbocycles. The first-order valence-corrected chi connectivity index (χ1v) is 10.8. The lowest BCUT2D eigenvalue weighted by Crippen LogP contribution is -2.48. The van der Waals surface area contributed by atoms with E-state index >= 15 is 0 Å². The number of carbonyl (C=O) groups excluding carboxylic acids is 1. The summed E-state index contributed by atoms with van der Waals surface area (Å²) in [4.78, 5) is 12.7. The summed E-state index contributed by atoms with van der Waals surface area (Å²) in [6.07, 6.45) is 2.09. The maximum atomic E-state index is 12.7. The SMILES string of the molecule is CCCCNC(=O)[C@H](Cc1ccccc1)NS(=O)(=O)c1ccc(Br)cc1. The Morgan fingerprint density at radius 1 is 1.08 bits per heavy atom. The number of sulfonamides is 1. The number of rotatable bonds is 9. The van der Waals surface area contributed by atoms with Crippen LogP contribution in [0.15, 0.2) is 64.0 Å². The molecule has 2 N–H and O–H groups in total. The van der Waals surface area contributed by atoms with Crippen molar-refractivity contribution in [3.63, 3.8) is 0 Å². The average Bonchev–Trinajstić information content (AvgIpc) is 2.62. The molecule has 0 aliphatic rings. The largest absolute Gasteiger partial charge is 0.355 e. The number of amides is 1. The summed E-state index contributed by atoms with van der Waals surface area (Å²) >= 11 is 3.29. The summed E-state index contributed by atoms with van der Waals surface area (Å²) in [5, 5.41) is 2.81. The van der Waals surface area contributed by atoms with Crippen molar-refractivity contribution >= 4 is 31.9 Å². The van der Waals surface area contributed by atoms with Crippen molar-refractivity contribution in [1.82, 2.24) is 10.0 Å². The highest BCUT2D eigenvalue weighted by atomic mass is 79.9. The number of hydrogen-bond donors (Lipinski definition) is 2. The molecule has 7 heteroatoms. The molecule has 0 fully saturated rings. The summed E-state index contributed by atoms with van der Waals surface area (Å²) in [5.41, 5.74) is 0.890. The van der Waals surface area contributed by atoms with E-state index < -0.39 is 16.1 Å².